The molecule has 2 fully saturated rings. The maximum absolute atomic E-state index is 14.9. The predicted octanol–water partition coefficient (Wildman–Crippen LogP) is 4.36. The Bertz CT molecular complexity index is 1180. The number of rotatable bonds is 9. The fraction of sp³-hybridized carbons (Fsp3) is 0.481. The number of nitrogens with one attached hydrogen (secondary N) is 4. The van der Waals surface area contributed by atoms with Crippen molar-refractivity contribution < 1.29 is 27.2 Å². The molecule has 0 aromatic heterocycles. The number of carbonyl (C=O) groups is 2. The number of halogens is 5. The molecule has 0 aliphatic carbocycles. The van der Waals surface area contributed by atoms with Gasteiger partial charge in [-0.2, -0.15) is 13.2 Å². The molecule has 218 valence electrons. The van der Waals surface area contributed by atoms with Crippen LogP contribution in [0.25, 0.3) is 0 Å². The summed E-state index contributed by atoms with van der Waals surface area (Å²) in [5, 5.41) is 11.9. The Balaban J connectivity index is 1.33. The summed E-state index contributed by atoms with van der Waals surface area (Å²) in [6, 6.07) is 8.91. The first kappa shape index (κ1) is 29.9. The Morgan fingerprint density at radius 3 is 2.50 bits per heavy atom. The van der Waals surface area contributed by atoms with Crippen LogP contribution in [0.3, 0.4) is 0 Å². The van der Waals surface area contributed by atoms with Gasteiger partial charge >= 0.3 is 12.2 Å². The van der Waals surface area contributed by atoms with E-state index in [1.54, 1.807) is 29.2 Å². The second-order valence-corrected chi connectivity index (χ2v) is 10.4. The Hall–Kier alpha value is -3.09. The van der Waals surface area contributed by atoms with Crippen LogP contribution in [0.2, 0.25) is 5.02 Å². The van der Waals surface area contributed by atoms with Crippen LogP contribution in [0.1, 0.15) is 35.2 Å². The summed E-state index contributed by atoms with van der Waals surface area (Å²) in [5.74, 6) is -1.40. The standard InChI is InChI=1S/C27H33ClF4N6O2/c28-19-4-6-23(24(15-19)38-12-10-37(11-13-38)9-7-27(30,31)32)36-25(39)21-5-3-18(14-22(21)29)16-34-26(40)35-17-20-2-1-8-33-20/h3-6,14-15,20,33H,1-2,7-13,16-17H2,(H,36,39)(H2,34,35,40)/t20-/m1/s1. The summed E-state index contributed by atoms with van der Waals surface area (Å²) in [7, 11) is 0. The van der Waals surface area contributed by atoms with E-state index in [9.17, 15) is 27.2 Å². The van der Waals surface area contributed by atoms with Crippen LogP contribution in [0, 0.1) is 5.82 Å². The topological polar surface area (TPSA) is 88.7 Å². The van der Waals surface area contributed by atoms with Gasteiger partial charge in [-0.1, -0.05) is 17.7 Å². The zero-order valence-electron chi connectivity index (χ0n) is 21.9. The van der Waals surface area contributed by atoms with Gasteiger partial charge < -0.3 is 26.2 Å². The zero-order valence-corrected chi connectivity index (χ0v) is 22.7. The fourth-order valence-electron chi connectivity index (χ4n) is 4.80. The van der Waals surface area contributed by atoms with Crippen molar-refractivity contribution >= 4 is 34.9 Å². The lowest BCUT2D eigenvalue weighted by molar-refractivity contribution is -0.138. The molecule has 4 rings (SSSR count). The molecule has 2 aliphatic heterocycles. The molecule has 0 bridgehead atoms. The average molecular weight is 585 g/mol. The van der Waals surface area contributed by atoms with E-state index < -0.39 is 24.3 Å². The summed E-state index contributed by atoms with van der Waals surface area (Å²) in [4.78, 5) is 28.7. The highest BCUT2D eigenvalue weighted by Gasteiger charge is 2.29. The summed E-state index contributed by atoms with van der Waals surface area (Å²) in [6.45, 7) is 3.23. The second kappa shape index (κ2) is 13.5. The molecule has 0 radical (unpaired) electrons. The Morgan fingerprint density at radius 1 is 1.05 bits per heavy atom. The van der Waals surface area contributed by atoms with Crippen LogP contribution in [0.4, 0.5) is 33.7 Å². The van der Waals surface area contributed by atoms with E-state index in [2.05, 4.69) is 21.3 Å². The van der Waals surface area contributed by atoms with Crippen LogP contribution >= 0.6 is 11.6 Å². The van der Waals surface area contributed by atoms with Crippen molar-refractivity contribution in [3.05, 3.63) is 58.4 Å². The summed E-state index contributed by atoms with van der Waals surface area (Å²) < 4.78 is 52.6. The van der Waals surface area contributed by atoms with E-state index in [0.717, 1.165) is 19.4 Å². The highest BCUT2D eigenvalue weighted by molar-refractivity contribution is 6.31. The van der Waals surface area contributed by atoms with Gasteiger partial charge in [-0.15, -0.1) is 0 Å². The van der Waals surface area contributed by atoms with Gasteiger partial charge in [0.2, 0.25) is 0 Å². The van der Waals surface area contributed by atoms with Crippen LogP contribution in [0.15, 0.2) is 36.4 Å². The van der Waals surface area contributed by atoms with E-state index in [1.165, 1.54) is 12.1 Å². The number of amides is 3. The SMILES string of the molecule is O=C(NCc1ccc(C(=O)Nc2ccc(Cl)cc2N2CCN(CCC(F)(F)F)CC2)c(F)c1)NC[C@H]1CCCN1. The molecule has 1 atom stereocenters. The minimum absolute atomic E-state index is 0.0656. The Kier molecular flexibility index (Phi) is 10.1. The third-order valence-corrected chi connectivity index (χ3v) is 7.27. The van der Waals surface area contributed by atoms with Crippen molar-refractivity contribution in [2.75, 3.05) is 56.0 Å². The van der Waals surface area contributed by atoms with Crippen LogP contribution in [-0.4, -0.2) is 74.9 Å². The van der Waals surface area contributed by atoms with Gasteiger partial charge in [0.25, 0.3) is 5.91 Å². The second-order valence-electron chi connectivity index (χ2n) is 9.98. The molecule has 0 spiro atoms. The zero-order chi connectivity index (χ0) is 28.7. The highest BCUT2D eigenvalue weighted by atomic mass is 35.5. The molecule has 0 unspecified atom stereocenters. The van der Waals surface area contributed by atoms with Crippen molar-refractivity contribution in [3.63, 3.8) is 0 Å². The van der Waals surface area contributed by atoms with Gasteiger partial charge in [0.1, 0.15) is 5.82 Å². The molecular weight excluding hydrogens is 552 g/mol. The predicted molar refractivity (Wildman–Crippen MR) is 146 cm³/mol. The highest BCUT2D eigenvalue weighted by Crippen LogP contribution is 2.31. The van der Waals surface area contributed by atoms with Crippen LogP contribution in [-0.2, 0) is 6.54 Å². The molecule has 3 amide bonds. The number of benzene rings is 2. The van der Waals surface area contributed by atoms with Crippen molar-refractivity contribution in [1.82, 2.24) is 20.9 Å². The summed E-state index contributed by atoms with van der Waals surface area (Å²) >= 11 is 6.19. The summed E-state index contributed by atoms with van der Waals surface area (Å²) in [5.41, 5.74) is 1.35. The normalized spacial score (nSPS) is 18.0. The number of carbonyl (C=O) groups excluding carboxylic acids is 2. The number of alkyl halides is 3. The van der Waals surface area contributed by atoms with E-state index in [0.29, 0.717) is 54.7 Å². The number of hydrogen-bond acceptors (Lipinski definition) is 5. The molecule has 4 N–H and O–H groups in total. The lowest BCUT2D eigenvalue weighted by Gasteiger charge is -2.37. The van der Waals surface area contributed by atoms with E-state index in [-0.39, 0.29) is 30.7 Å². The monoisotopic (exact) mass is 584 g/mol. The van der Waals surface area contributed by atoms with E-state index in [4.69, 9.17) is 11.6 Å². The van der Waals surface area contributed by atoms with Crippen LogP contribution in [0.5, 0.6) is 0 Å². The number of anilines is 2. The fourth-order valence-corrected chi connectivity index (χ4v) is 4.97. The lowest BCUT2D eigenvalue weighted by atomic mass is 10.1. The van der Waals surface area contributed by atoms with Crippen molar-refractivity contribution in [2.45, 2.75) is 38.0 Å². The Morgan fingerprint density at radius 2 is 1.82 bits per heavy atom. The third kappa shape index (κ3) is 8.70. The van der Waals surface area contributed by atoms with Gasteiger partial charge in [-0.25, -0.2) is 9.18 Å². The molecule has 2 heterocycles. The quantitative estimate of drug-likeness (QED) is 0.329. The first-order valence-electron chi connectivity index (χ1n) is 13.3. The van der Waals surface area contributed by atoms with Gasteiger partial charge in [-0.3, -0.25) is 9.69 Å². The van der Waals surface area contributed by atoms with Gasteiger partial charge in [-0.05, 0) is 55.3 Å². The van der Waals surface area contributed by atoms with Gasteiger partial charge in [0.05, 0.1) is 23.4 Å². The largest absolute Gasteiger partial charge is 0.390 e. The van der Waals surface area contributed by atoms with Gasteiger partial charge in [0, 0.05) is 56.9 Å². The molecule has 2 aliphatic rings. The maximum Gasteiger partial charge on any atom is 0.390 e. The smallest absolute Gasteiger partial charge is 0.367 e. The van der Waals surface area contributed by atoms with Gasteiger partial charge in [0.15, 0.2) is 0 Å². The lowest BCUT2D eigenvalue weighted by Crippen LogP contribution is -2.47. The van der Waals surface area contributed by atoms with Crippen LogP contribution < -0.4 is 26.2 Å². The molecule has 2 aromatic carbocycles. The molecule has 13 heteroatoms. The molecule has 40 heavy (non-hydrogen) atoms. The van der Waals surface area contributed by atoms with Crippen molar-refractivity contribution in [3.8, 4) is 0 Å². The first-order chi connectivity index (χ1) is 19.1. The Labute approximate surface area is 235 Å². The molecule has 0 saturated carbocycles. The van der Waals surface area contributed by atoms with E-state index in [1.807, 2.05) is 4.90 Å². The maximum atomic E-state index is 14.9. The number of piperazine rings is 1. The van der Waals surface area contributed by atoms with Crippen molar-refractivity contribution in [1.29, 1.82) is 0 Å². The number of nitrogens with zero attached hydrogens (tertiary/aromatic N) is 2. The van der Waals surface area contributed by atoms with Crippen molar-refractivity contribution in [2.24, 2.45) is 0 Å². The molecule has 2 aromatic rings. The minimum Gasteiger partial charge on any atom is -0.367 e. The third-order valence-electron chi connectivity index (χ3n) is 7.04. The van der Waals surface area contributed by atoms with E-state index >= 15 is 0 Å². The minimum atomic E-state index is -4.20. The molecule has 8 nitrogen and oxygen atoms in total. The number of hydrogen-bond donors (Lipinski definition) is 4. The average Bonchev–Trinajstić information content (AvgIpc) is 3.44. The summed E-state index contributed by atoms with van der Waals surface area (Å²) in [6.07, 6.45) is -2.98. The molecular formula is C27H33ClF4N6O2. The number of urea groups is 1. The molecule has 2 saturated heterocycles. The first-order valence-corrected chi connectivity index (χ1v) is 13.6.